The Hall–Kier alpha value is -1.60. The van der Waals surface area contributed by atoms with Gasteiger partial charge in [0.05, 0.1) is 17.9 Å². The molecule has 0 spiro atoms. The molecule has 2 aromatic rings. The molecule has 0 amide bonds. The lowest BCUT2D eigenvalue weighted by Crippen LogP contribution is -2.04. The van der Waals surface area contributed by atoms with Gasteiger partial charge in [0, 0.05) is 24.1 Å². The number of rotatable bonds is 4. The molecule has 1 aliphatic rings. The van der Waals surface area contributed by atoms with Crippen molar-refractivity contribution in [2.45, 2.75) is 25.5 Å². The van der Waals surface area contributed by atoms with Crippen LogP contribution >= 0.6 is 11.3 Å². The summed E-state index contributed by atoms with van der Waals surface area (Å²) in [5.74, 6) is -3.12. The minimum Gasteiger partial charge on any atom is -0.377 e. The van der Waals surface area contributed by atoms with Crippen LogP contribution in [-0.4, -0.2) is 11.6 Å². The minimum absolute atomic E-state index is 0.0451. The molecule has 3 nitrogen and oxygen atoms in total. The van der Waals surface area contributed by atoms with Gasteiger partial charge in [0.2, 0.25) is 0 Å². The summed E-state index contributed by atoms with van der Waals surface area (Å²) in [4.78, 5) is 4.42. The zero-order valence-corrected chi connectivity index (χ0v) is 11.9. The Morgan fingerprint density at radius 3 is 2.81 bits per heavy atom. The van der Waals surface area contributed by atoms with Crippen LogP contribution in [0.2, 0.25) is 0 Å². The van der Waals surface area contributed by atoms with Gasteiger partial charge in [-0.2, -0.15) is 0 Å². The molecule has 1 atom stereocenters. The summed E-state index contributed by atoms with van der Waals surface area (Å²) < 4.78 is 44.9. The number of ether oxygens (including phenoxy) is 1. The summed E-state index contributed by atoms with van der Waals surface area (Å²) in [5.41, 5.74) is 0.634. The van der Waals surface area contributed by atoms with E-state index < -0.39 is 17.5 Å². The van der Waals surface area contributed by atoms with E-state index in [1.165, 1.54) is 11.3 Å². The summed E-state index contributed by atoms with van der Waals surface area (Å²) in [5, 5.41) is 5.47. The van der Waals surface area contributed by atoms with E-state index in [2.05, 4.69) is 10.3 Å². The average molecular weight is 314 g/mol. The molecule has 0 bridgehead atoms. The van der Waals surface area contributed by atoms with Gasteiger partial charge in [-0.15, -0.1) is 11.3 Å². The fourth-order valence-corrected chi connectivity index (χ4v) is 3.07. The van der Waals surface area contributed by atoms with Crippen LogP contribution in [0.5, 0.6) is 0 Å². The Morgan fingerprint density at radius 1 is 1.24 bits per heavy atom. The van der Waals surface area contributed by atoms with Crippen molar-refractivity contribution in [1.29, 1.82) is 0 Å². The summed E-state index contributed by atoms with van der Waals surface area (Å²) in [6.45, 7) is 0.989. The maximum atomic E-state index is 13.5. The van der Waals surface area contributed by atoms with Crippen LogP contribution in [0, 0.1) is 17.5 Å². The third-order valence-corrected chi connectivity index (χ3v) is 4.23. The SMILES string of the molecule is Fc1cc(F)c(NCc2csc([C@H]3CCCO3)n2)cc1F. The quantitative estimate of drug-likeness (QED) is 0.865. The smallest absolute Gasteiger partial charge is 0.161 e. The number of benzene rings is 1. The molecule has 1 aliphatic heterocycles. The van der Waals surface area contributed by atoms with Crippen LogP contribution in [-0.2, 0) is 11.3 Å². The van der Waals surface area contributed by atoms with Crippen LogP contribution < -0.4 is 5.32 Å². The van der Waals surface area contributed by atoms with Gasteiger partial charge >= 0.3 is 0 Å². The molecule has 21 heavy (non-hydrogen) atoms. The number of hydrogen-bond donors (Lipinski definition) is 1. The highest BCUT2D eigenvalue weighted by Gasteiger charge is 2.20. The van der Waals surface area contributed by atoms with Gasteiger partial charge < -0.3 is 10.1 Å². The number of nitrogens with zero attached hydrogens (tertiary/aromatic N) is 1. The Balaban J connectivity index is 1.66. The van der Waals surface area contributed by atoms with Gasteiger partial charge in [0.25, 0.3) is 0 Å². The lowest BCUT2D eigenvalue weighted by atomic mass is 10.2. The Labute approximate surface area is 123 Å². The second-order valence-corrected chi connectivity index (χ2v) is 5.67. The Kier molecular flexibility index (Phi) is 4.12. The van der Waals surface area contributed by atoms with E-state index in [0.29, 0.717) is 6.07 Å². The van der Waals surface area contributed by atoms with E-state index in [4.69, 9.17) is 4.74 Å². The van der Waals surface area contributed by atoms with Gasteiger partial charge in [-0.1, -0.05) is 0 Å². The first kappa shape index (κ1) is 14.3. The highest BCUT2D eigenvalue weighted by molar-refractivity contribution is 7.09. The minimum atomic E-state index is -1.20. The van der Waals surface area contributed by atoms with E-state index in [1.807, 2.05) is 5.38 Å². The monoisotopic (exact) mass is 314 g/mol. The number of nitrogens with one attached hydrogen (secondary N) is 1. The molecule has 0 aliphatic carbocycles. The first-order chi connectivity index (χ1) is 10.1. The van der Waals surface area contributed by atoms with Crippen molar-refractivity contribution >= 4 is 17.0 Å². The van der Waals surface area contributed by atoms with Crippen LogP contribution in [0.3, 0.4) is 0 Å². The van der Waals surface area contributed by atoms with Gasteiger partial charge in [-0.3, -0.25) is 0 Å². The number of thiazole rings is 1. The van der Waals surface area contributed by atoms with Gasteiger partial charge in [0.1, 0.15) is 16.9 Å². The molecule has 0 radical (unpaired) electrons. The molecular weight excluding hydrogens is 301 g/mol. The second kappa shape index (κ2) is 6.03. The normalized spacial score (nSPS) is 18.1. The first-order valence-electron chi connectivity index (χ1n) is 6.58. The van der Waals surface area contributed by atoms with Crippen LogP contribution in [0.4, 0.5) is 18.9 Å². The zero-order valence-electron chi connectivity index (χ0n) is 11.0. The zero-order chi connectivity index (χ0) is 14.8. The maximum Gasteiger partial charge on any atom is 0.161 e. The van der Waals surface area contributed by atoms with Crippen LogP contribution in [0.15, 0.2) is 17.5 Å². The maximum absolute atomic E-state index is 13.5. The molecular formula is C14H13F3N2OS. The van der Waals surface area contributed by atoms with Crippen molar-refractivity contribution < 1.29 is 17.9 Å². The van der Waals surface area contributed by atoms with E-state index in [0.717, 1.165) is 36.2 Å². The molecule has 1 N–H and O–H groups in total. The highest BCUT2D eigenvalue weighted by atomic mass is 32.1. The molecule has 1 saturated heterocycles. The molecule has 1 aromatic carbocycles. The highest BCUT2D eigenvalue weighted by Crippen LogP contribution is 2.30. The summed E-state index contributed by atoms with van der Waals surface area (Å²) >= 11 is 1.49. The third-order valence-electron chi connectivity index (χ3n) is 3.24. The first-order valence-corrected chi connectivity index (χ1v) is 7.46. The predicted molar refractivity (Wildman–Crippen MR) is 73.7 cm³/mol. The average Bonchev–Trinajstić information content (AvgIpc) is 3.11. The van der Waals surface area contributed by atoms with Crippen molar-refractivity contribution in [2.75, 3.05) is 11.9 Å². The lowest BCUT2D eigenvalue weighted by Gasteiger charge is -2.07. The largest absolute Gasteiger partial charge is 0.377 e. The van der Waals surface area contributed by atoms with E-state index in [9.17, 15) is 13.2 Å². The lowest BCUT2D eigenvalue weighted by molar-refractivity contribution is 0.111. The standard InChI is InChI=1S/C14H13F3N2OS/c15-9-4-11(17)12(5-10(9)16)18-6-8-7-21-14(19-8)13-2-1-3-20-13/h4-5,7,13,18H,1-3,6H2/t13-/m1/s1. The van der Waals surface area contributed by atoms with E-state index >= 15 is 0 Å². The van der Waals surface area contributed by atoms with Crippen molar-refractivity contribution in [3.8, 4) is 0 Å². The number of aromatic nitrogens is 1. The van der Waals surface area contributed by atoms with Crippen molar-refractivity contribution in [2.24, 2.45) is 0 Å². The van der Waals surface area contributed by atoms with E-state index in [-0.39, 0.29) is 18.3 Å². The second-order valence-electron chi connectivity index (χ2n) is 4.78. The number of anilines is 1. The summed E-state index contributed by atoms with van der Waals surface area (Å²) in [6.07, 6.45) is 2.03. The van der Waals surface area contributed by atoms with Crippen molar-refractivity contribution in [1.82, 2.24) is 4.98 Å². The summed E-state index contributed by atoms with van der Waals surface area (Å²) in [6, 6.07) is 1.33. The van der Waals surface area contributed by atoms with E-state index in [1.54, 1.807) is 0 Å². The van der Waals surface area contributed by atoms with Gasteiger partial charge in [0.15, 0.2) is 11.6 Å². The fraction of sp³-hybridized carbons (Fsp3) is 0.357. The fourth-order valence-electron chi connectivity index (χ4n) is 2.17. The Morgan fingerprint density at radius 2 is 2.05 bits per heavy atom. The van der Waals surface area contributed by atoms with Gasteiger partial charge in [-0.25, -0.2) is 18.2 Å². The molecule has 1 aromatic heterocycles. The van der Waals surface area contributed by atoms with Crippen molar-refractivity contribution in [3.05, 3.63) is 45.7 Å². The molecule has 3 rings (SSSR count). The topological polar surface area (TPSA) is 34.1 Å². The molecule has 7 heteroatoms. The molecule has 0 saturated carbocycles. The molecule has 112 valence electrons. The molecule has 1 fully saturated rings. The van der Waals surface area contributed by atoms with Gasteiger partial charge in [-0.05, 0) is 12.8 Å². The summed E-state index contributed by atoms with van der Waals surface area (Å²) in [7, 11) is 0. The van der Waals surface area contributed by atoms with Crippen LogP contribution in [0.1, 0.15) is 29.6 Å². The Bertz CT molecular complexity index is 641. The number of hydrogen-bond acceptors (Lipinski definition) is 4. The van der Waals surface area contributed by atoms with Crippen LogP contribution in [0.25, 0.3) is 0 Å². The molecule has 2 heterocycles. The number of halogens is 3. The predicted octanol–water partition coefficient (Wildman–Crippen LogP) is 4.02. The molecule has 0 unspecified atom stereocenters. The third kappa shape index (κ3) is 3.19. The van der Waals surface area contributed by atoms with Crippen molar-refractivity contribution in [3.63, 3.8) is 0 Å².